The van der Waals surface area contributed by atoms with E-state index in [0.717, 1.165) is 10.0 Å². The number of nitrogens with one attached hydrogen (secondary N) is 2. The lowest BCUT2D eigenvalue weighted by atomic mass is 9.84. The topological polar surface area (TPSA) is 75.3 Å². The SMILES string of the molecule is CC(C)(CNC(=O)c1ccc2c(c1)C(=O)NC2=O)c1cccc(Br)c1. The predicted octanol–water partition coefficient (Wildman–Crippen LogP) is 3.04. The zero-order valence-electron chi connectivity index (χ0n) is 13.9. The first-order valence-corrected chi connectivity index (χ1v) is 8.61. The van der Waals surface area contributed by atoms with E-state index in [0.29, 0.717) is 17.7 Å². The first-order chi connectivity index (χ1) is 11.8. The quantitative estimate of drug-likeness (QED) is 0.774. The van der Waals surface area contributed by atoms with Crippen LogP contribution in [0.2, 0.25) is 0 Å². The molecule has 0 fully saturated rings. The molecule has 1 aliphatic rings. The molecule has 0 radical (unpaired) electrons. The van der Waals surface area contributed by atoms with E-state index in [2.05, 4.69) is 26.6 Å². The van der Waals surface area contributed by atoms with Gasteiger partial charge in [0.1, 0.15) is 0 Å². The van der Waals surface area contributed by atoms with Gasteiger partial charge >= 0.3 is 0 Å². The third kappa shape index (κ3) is 3.49. The van der Waals surface area contributed by atoms with Crippen LogP contribution in [0.4, 0.5) is 0 Å². The van der Waals surface area contributed by atoms with Crippen molar-refractivity contribution in [2.75, 3.05) is 6.54 Å². The van der Waals surface area contributed by atoms with Gasteiger partial charge in [0.2, 0.25) is 0 Å². The molecule has 0 atom stereocenters. The summed E-state index contributed by atoms with van der Waals surface area (Å²) < 4.78 is 0.985. The zero-order valence-corrected chi connectivity index (χ0v) is 15.4. The molecule has 128 valence electrons. The number of carbonyl (C=O) groups excluding carboxylic acids is 3. The second-order valence-corrected chi connectivity index (χ2v) is 7.54. The Morgan fingerprint density at radius 3 is 2.52 bits per heavy atom. The third-order valence-corrected chi connectivity index (χ3v) is 4.79. The molecule has 6 heteroatoms. The van der Waals surface area contributed by atoms with E-state index in [-0.39, 0.29) is 16.9 Å². The van der Waals surface area contributed by atoms with Gasteiger partial charge in [0.15, 0.2) is 0 Å². The van der Waals surface area contributed by atoms with Crippen molar-refractivity contribution >= 4 is 33.7 Å². The summed E-state index contributed by atoms with van der Waals surface area (Å²) in [5, 5.41) is 5.12. The standard InChI is InChI=1S/C19H17BrN2O3/c1-19(2,12-4-3-5-13(20)9-12)10-21-16(23)11-6-7-14-15(8-11)18(25)22-17(14)24/h3-9H,10H2,1-2H3,(H,21,23)(H,22,24,25). The lowest BCUT2D eigenvalue weighted by Crippen LogP contribution is -2.36. The molecule has 0 aromatic heterocycles. The maximum Gasteiger partial charge on any atom is 0.258 e. The molecular weight excluding hydrogens is 384 g/mol. The van der Waals surface area contributed by atoms with Crippen LogP contribution >= 0.6 is 15.9 Å². The number of halogens is 1. The van der Waals surface area contributed by atoms with E-state index in [1.54, 1.807) is 6.07 Å². The van der Waals surface area contributed by atoms with Crippen molar-refractivity contribution in [1.29, 1.82) is 0 Å². The summed E-state index contributed by atoms with van der Waals surface area (Å²) in [5.74, 6) is -1.18. The summed E-state index contributed by atoms with van der Waals surface area (Å²) in [5.41, 5.74) is 1.73. The number of rotatable bonds is 4. The minimum absolute atomic E-state index is 0.240. The Bertz CT molecular complexity index is 890. The predicted molar refractivity (Wildman–Crippen MR) is 97.7 cm³/mol. The number of carbonyl (C=O) groups is 3. The largest absolute Gasteiger partial charge is 0.351 e. The second kappa shape index (κ2) is 6.44. The van der Waals surface area contributed by atoms with Crippen LogP contribution in [-0.4, -0.2) is 24.3 Å². The average Bonchev–Trinajstić information content (AvgIpc) is 2.86. The summed E-state index contributed by atoms with van der Waals surface area (Å²) in [7, 11) is 0. The maximum absolute atomic E-state index is 12.4. The Hall–Kier alpha value is -2.47. The molecule has 0 saturated carbocycles. The Labute approximate surface area is 153 Å². The highest BCUT2D eigenvalue weighted by Gasteiger charge is 2.28. The van der Waals surface area contributed by atoms with Crippen LogP contribution in [0.5, 0.6) is 0 Å². The number of hydrogen-bond acceptors (Lipinski definition) is 3. The molecule has 0 unspecified atom stereocenters. The van der Waals surface area contributed by atoms with E-state index >= 15 is 0 Å². The summed E-state index contributed by atoms with van der Waals surface area (Å²) in [6.07, 6.45) is 0. The molecule has 0 saturated heterocycles. The molecule has 0 spiro atoms. The molecule has 2 aromatic carbocycles. The van der Waals surface area contributed by atoms with Crippen molar-refractivity contribution in [3.05, 3.63) is 69.2 Å². The first-order valence-electron chi connectivity index (χ1n) is 7.82. The highest BCUT2D eigenvalue weighted by Crippen LogP contribution is 2.25. The molecule has 3 rings (SSSR count). The zero-order chi connectivity index (χ0) is 18.2. The van der Waals surface area contributed by atoms with Crippen molar-refractivity contribution in [1.82, 2.24) is 10.6 Å². The smallest absolute Gasteiger partial charge is 0.258 e. The number of amides is 3. The monoisotopic (exact) mass is 400 g/mol. The van der Waals surface area contributed by atoms with Crippen LogP contribution in [0, 0.1) is 0 Å². The lowest BCUT2D eigenvalue weighted by Gasteiger charge is -2.26. The first kappa shape index (κ1) is 17.4. The van der Waals surface area contributed by atoms with Crippen LogP contribution < -0.4 is 10.6 Å². The minimum Gasteiger partial charge on any atom is -0.351 e. The number of imide groups is 1. The van der Waals surface area contributed by atoms with Crippen LogP contribution in [0.3, 0.4) is 0 Å². The van der Waals surface area contributed by atoms with E-state index in [1.165, 1.54) is 12.1 Å². The number of benzene rings is 2. The van der Waals surface area contributed by atoms with Gasteiger partial charge in [0, 0.05) is 22.0 Å². The summed E-state index contributed by atoms with van der Waals surface area (Å²) >= 11 is 3.46. The van der Waals surface area contributed by atoms with E-state index in [9.17, 15) is 14.4 Å². The van der Waals surface area contributed by atoms with Crippen molar-refractivity contribution in [3.63, 3.8) is 0 Å². The van der Waals surface area contributed by atoms with Gasteiger partial charge in [0.05, 0.1) is 11.1 Å². The van der Waals surface area contributed by atoms with Gasteiger partial charge in [0.25, 0.3) is 17.7 Å². The van der Waals surface area contributed by atoms with Crippen molar-refractivity contribution in [3.8, 4) is 0 Å². The fourth-order valence-corrected chi connectivity index (χ4v) is 3.12. The number of hydrogen-bond donors (Lipinski definition) is 2. The number of fused-ring (bicyclic) bond motifs is 1. The minimum atomic E-state index is -0.468. The Kier molecular flexibility index (Phi) is 4.47. The molecule has 1 aliphatic heterocycles. The van der Waals surface area contributed by atoms with Gasteiger partial charge in [-0.15, -0.1) is 0 Å². The van der Waals surface area contributed by atoms with Crippen molar-refractivity contribution in [2.24, 2.45) is 0 Å². The molecule has 25 heavy (non-hydrogen) atoms. The van der Waals surface area contributed by atoms with Crippen LogP contribution in [0.25, 0.3) is 0 Å². The van der Waals surface area contributed by atoms with E-state index in [4.69, 9.17) is 0 Å². The second-order valence-electron chi connectivity index (χ2n) is 6.62. The average molecular weight is 401 g/mol. The molecule has 2 aromatic rings. The normalized spacial score (nSPS) is 13.4. The lowest BCUT2D eigenvalue weighted by molar-refractivity contribution is 0.0878. The van der Waals surface area contributed by atoms with Gasteiger partial charge < -0.3 is 5.32 Å². The molecule has 1 heterocycles. The highest BCUT2D eigenvalue weighted by atomic mass is 79.9. The molecule has 3 amide bonds. The van der Waals surface area contributed by atoms with Gasteiger partial charge in [-0.3, -0.25) is 19.7 Å². The Morgan fingerprint density at radius 1 is 1.08 bits per heavy atom. The van der Waals surface area contributed by atoms with Gasteiger partial charge in [-0.05, 0) is 35.9 Å². The Morgan fingerprint density at radius 2 is 1.80 bits per heavy atom. The fourth-order valence-electron chi connectivity index (χ4n) is 2.72. The van der Waals surface area contributed by atoms with Crippen LogP contribution in [-0.2, 0) is 5.41 Å². The molecular formula is C19H17BrN2O3. The van der Waals surface area contributed by atoms with Gasteiger partial charge in [-0.2, -0.15) is 0 Å². The molecule has 5 nitrogen and oxygen atoms in total. The third-order valence-electron chi connectivity index (χ3n) is 4.30. The van der Waals surface area contributed by atoms with Gasteiger partial charge in [-0.1, -0.05) is 41.9 Å². The summed E-state index contributed by atoms with van der Waals surface area (Å²) in [6.45, 7) is 4.53. The van der Waals surface area contributed by atoms with E-state index < -0.39 is 11.8 Å². The van der Waals surface area contributed by atoms with Crippen LogP contribution in [0.1, 0.15) is 50.5 Å². The maximum atomic E-state index is 12.4. The molecule has 0 aliphatic carbocycles. The summed E-state index contributed by atoms with van der Waals surface area (Å²) in [4.78, 5) is 35.7. The summed E-state index contributed by atoms with van der Waals surface area (Å²) in [6, 6.07) is 12.5. The van der Waals surface area contributed by atoms with Crippen LogP contribution in [0.15, 0.2) is 46.9 Å². The Balaban J connectivity index is 1.74. The van der Waals surface area contributed by atoms with E-state index in [1.807, 2.05) is 38.1 Å². The van der Waals surface area contributed by atoms with Crippen molar-refractivity contribution in [2.45, 2.75) is 19.3 Å². The highest BCUT2D eigenvalue weighted by molar-refractivity contribution is 9.10. The molecule has 2 N–H and O–H groups in total. The fraction of sp³-hybridized carbons (Fsp3) is 0.211. The molecule has 0 bridgehead atoms. The van der Waals surface area contributed by atoms with Gasteiger partial charge in [-0.25, -0.2) is 0 Å². The van der Waals surface area contributed by atoms with Crippen molar-refractivity contribution < 1.29 is 14.4 Å².